The van der Waals surface area contributed by atoms with E-state index >= 15 is 0 Å². The molecule has 1 aliphatic heterocycles. The monoisotopic (exact) mass is 251 g/mol. The highest BCUT2D eigenvalue weighted by molar-refractivity contribution is 5.36. The van der Waals surface area contributed by atoms with Crippen LogP contribution < -0.4 is 5.32 Å². The fourth-order valence-electron chi connectivity index (χ4n) is 1.93. The normalized spacial score (nSPS) is 23.6. The van der Waals surface area contributed by atoms with Crippen molar-refractivity contribution < 1.29 is 9.84 Å². The van der Waals surface area contributed by atoms with Crippen LogP contribution in [0.2, 0.25) is 0 Å². The molecule has 0 spiro atoms. The molecule has 0 bridgehead atoms. The molecule has 2 N–H and O–H groups in total. The Morgan fingerprint density at radius 3 is 2.89 bits per heavy atom. The van der Waals surface area contributed by atoms with Crippen molar-refractivity contribution in [3.63, 3.8) is 0 Å². The number of hydrogen-bond donors (Lipinski definition) is 2. The lowest BCUT2D eigenvalue weighted by atomic mass is 10.0. The summed E-state index contributed by atoms with van der Waals surface area (Å²) in [7, 11) is 0. The highest BCUT2D eigenvalue weighted by Gasteiger charge is 2.32. The molecule has 0 aromatic carbocycles. The fraction of sp³-hybridized carbons (Fsp3) is 0.692. The molecule has 5 heteroatoms. The zero-order valence-electron chi connectivity index (χ0n) is 11.2. The summed E-state index contributed by atoms with van der Waals surface area (Å²) < 4.78 is 5.21. The van der Waals surface area contributed by atoms with Crippen molar-refractivity contribution in [1.29, 1.82) is 0 Å². The van der Waals surface area contributed by atoms with Gasteiger partial charge in [-0.2, -0.15) is 0 Å². The minimum Gasteiger partial charge on any atom is -0.386 e. The average Bonchev–Trinajstić information content (AvgIpc) is 2.73. The molecule has 0 aliphatic carbocycles. The minimum atomic E-state index is -0.767. The number of nitrogens with zero attached hydrogens (tertiary/aromatic N) is 2. The molecule has 0 amide bonds. The molecule has 0 radical (unpaired) electrons. The number of anilines is 1. The van der Waals surface area contributed by atoms with E-state index in [0.717, 1.165) is 17.3 Å². The van der Waals surface area contributed by atoms with Gasteiger partial charge in [0.25, 0.3) is 0 Å². The van der Waals surface area contributed by atoms with E-state index in [9.17, 15) is 5.11 Å². The van der Waals surface area contributed by atoms with Crippen molar-refractivity contribution in [3.05, 3.63) is 17.6 Å². The van der Waals surface area contributed by atoms with Gasteiger partial charge in [-0.05, 0) is 6.92 Å². The quantitative estimate of drug-likeness (QED) is 0.848. The standard InChI is InChI=1S/C13H21N3O2/c1-9(2)12-15-10(3)6-11(16-12)14-7-13(17)4-5-18-8-13/h6,9,17H,4-5,7-8H2,1-3H3,(H,14,15,16). The van der Waals surface area contributed by atoms with Crippen LogP contribution in [0.4, 0.5) is 5.82 Å². The van der Waals surface area contributed by atoms with Crippen molar-refractivity contribution >= 4 is 5.82 Å². The van der Waals surface area contributed by atoms with E-state index in [1.165, 1.54) is 0 Å². The van der Waals surface area contributed by atoms with Gasteiger partial charge in [0.2, 0.25) is 0 Å². The molecule has 2 heterocycles. The zero-order chi connectivity index (χ0) is 13.2. The highest BCUT2D eigenvalue weighted by Crippen LogP contribution is 2.19. The molecule has 5 nitrogen and oxygen atoms in total. The Labute approximate surface area is 108 Å². The Hall–Kier alpha value is -1.20. The third-order valence-corrected chi connectivity index (χ3v) is 3.07. The third-order valence-electron chi connectivity index (χ3n) is 3.07. The van der Waals surface area contributed by atoms with E-state index < -0.39 is 5.60 Å². The summed E-state index contributed by atoms with van der Waals surface area (Å²) >= 11 is 0. The van der Waals surface area contributed by atoms with Gasteiger partial charge in [0, 0.05) is 37.3 Å². The van der Waals surface area contributed by atoms with Gasteiger partial charge in [-0.25, -0.2) is 9.97 Å². The van der Waals surface area contributed by atoms with Crippen molar-refractivity contribution in [2.75, 3.05) is 25.1 Å². The Bertz CT molecular complexity index is 415. The maximum atomic E-state index is 10.2. The van der Waals surface area contributed by atoms with Crippen LogP contribution in [0.1, 0.15) is 37.7 Å². The molecule has 1 aromatic rings. The zero-order valence-corrected chi connectivity index (χ0v) is 11.2. The molecule has 1 saturated heterocycles. The van der Waals surface area contributed by atoms with Crippen LogP contribution in [0.5, 0.6) is 0 Å². The summed E-state index contributed by atoms with van der Waals surface area (Å²) in [5.41, 5.74) is 0.169. The number of aliphatic hydroxyl groups is 1. The number of nitrogens with one attached hydrogen (secondary N) is 1. The second-order valence-electron chi connectivity index (χ2n) is 5.29. The molecule has 18 heavy (non-hydrogen) atoms. The van der Waals surface area contributed by atoms with E-state index in [2.05, 4.69) is 29.1 Å². The summed E-state index contributed by atoms with van der Waals surface area (Å²) in [5.74, 6) is 1.89. The number of ether oxygens (including phenoxy) is 1. The minimum absolute atomic E-state index is 0.295. The Balaban J connectivity index is 2.04. The topological polar surface area (TPSA) is 67.3 Å². The van der Waals surface area contributed by atoms with Crippen LogP contribution >= 0.6 is 0 Å². The van der Waals surface area contributed by atoms with Gasteiger partial charge in [0.05, 0.1) is 6.61 Å². The second-order valence-corrected chi connectivity index (χ2v) is 5.29. The van der Waals surface area contributed by atoms with E-state index in [-0.39, 0.29) is 0 Å². The van der Waals surface area contributed by atoms with E-state index in [4.69, 9.17) is 4.74 Å². The lowest BCUT2D eigenvalue weighted by Crippen LogP contribution is -2.37. The maximum absolute atomic E-state index is 10.2. The van der Waals surface area contributed by atoms with Gasteiger partial charge in [-0.1, -0.05) is 13.8 Å². The molecule has 1 unspecified atom stereocenters. The first-order chi connectivity index (χ1) is 8.48. The molecule has 100 valence electrons. The summed E-state index contributed by atoms with van der Waals surface area (Å²) in [6, 6.07) is 1.89. The van der Waals surface area contributed by atoms with Crippen molar-refractivity contribution in [3.8, 4) is 0 Å². The van der Waals surface area contributed by atoms with E-state index in [1.807, 2.05) is 13.0 Å². The smallest absolute Gasteiger partial charge is 0.133 e. The first kappa shape index (κ1) is 13.2. The van der Waals surface area contributed by atoms with Crippen molar-refractivity contribution in [2.45, 2.75) is 38.7 Å². The third kappa shape index (κ3) is 3.17. The Morgan fingerprint density at radius 1 is 1.50 bits per heavy atom. The molecule has 1 aliphatic rings. The van der Waals surface area contributed by atoms with Crippen LogP contribution in [0.3, 0.4) is 0 Å². The summed E-state index contributed by atoms with van der Waals surface area (Å²) in [6.07, 6.45) is 0.668. The lowest BCUT2D eigenvalue weighted by Gasteiger charge is -2.21. The van der Waals surface area contributed by atoms with Gasteiger partial charge in [0.1, 0.15) is 17.2 Å². The predicted molar refractivity (Wildman–Crippen MR) is 69.7 cm³/mol. The predicted octanol–water partition coefficient (Wildman–Crippen LogP) is 1.47. The molecule has 2 rings (SSSR count). The van der Waals surface area contributed by atoms with Gasteiger partial charge in [0.15, 0.2) is 0 Å². The summed E-state index contributed by atoms with van der Waals surface area (Å²) in [6.45, 7) is 7.56. The Kier molecular flexibility index (Phi) is 3.82. The van der Waals surface area contributed by atoms with Crippen LogP contribution in [0, 0.1) is 6.92 Å². The van der Waals surface area contributed by atoms with E-state index in [1.54, 1.807) is 0 Å². The summed E-state index contributed by atoms with van der Waals surface area (Å²) in [5, 5.41) is 13.4. The van der Waals surface area contributed by atoms with Gasteiger partial charge in [-0.15, -0.1) is 0 Å². The van der Waals surface area contributed by atoms with Crippen molar-refractivity contribution in [1.82, 2.24) is 9.97 Å². The van der Waals surface area contributed by atoms with Gasteiger partial charge in [-0.3, -0.25) is 0 Å². The van der Waals surface area contributed by atoms with E-state index in [0.29, 0.717) is 32.1 Å². The second kappa shape index (κ2) is 5.20. The first-order valence-corrected chi connectivity index (χ1v) is 6.38. The first-order valence-electron chi connectivity index (χ1n) is 6.38. The average molecular weight is 251 g/mol. The fourth-order valence-corrected chi connectivity index (χ4v) is 1.93. The highest BCUT2D eigenvalue weighted by atomic mass is 16.5. The number of aryl methyl sites for hydroxylation is 1. The van der Waals surface area contributed by atoms with Gasteiger partial charge >= 0.3 is 0 Å². The van der Waals surface area contributed by atoms with Crippen LogP contribution in [-0.4, -0.2) is 40.4 Å². The van der Waals surface area contributed by atoms with Gasteiger partial charge < -0.3 is 15.2 Å². The largest absolute Gasteiger partial charge is 0.386 e. The summed E-state index contributed by atoms with van der Waals surface area (Å²) in [4.78, 5) is 8.84. The van der Waals surface area contributed by atoms with Crippen LogP contribution in [-0.2, 0) is 4.74 Å². The van der Waals surface area contributed by atoms with Crippen molar-refractivity contribution in [2.24, 2.45) is 0 Å². The van der Waals surface area contributed by atoms with Crippen LogP contribution in [0.25, 0.3) is 0 Å². The van der Waals surface area contributed by atoms with Crippen LogP contribution in [0.15, 0.2) is 6.07 Å². The Morgan fingerprint density at radius 2 is 2.28 bits per heavy atom. The molecule has 1 aromatic heterocycles. The lowest BCUT2D eigenvalue weighted by molar-refractivity contribution is 0.0381. The molecule has 1 atom stereocenters. The molecular weight excluding hydrogens is 230 g/mol. The molecular formula is C13H21N3O2. The number of hydrogen-bond acceptors (Lipinski definition) is 5. The number of rotatable bonds is 4. The SMILES string of the molecule is Cc1cc(NCC2(O)CCOC2)nc(C(C)C)n1. The number of aromatic nitrogens is 2. The maximum Gasteiger partial charge on any atom is 0.133 e. The molecule has 0 saturated carbocycles. The molecule has 1 fully saturated rings.